The van der Waals surface area contributed by atoms with Crippen LogP contribution in [0.25, 0.3) is 0 Å². The van der Waals surface area contributed by atoms with E-state index < -0.39 is 33.5 Å². The van der Waals surface area contributed by atoms with Crippen molar-refractivity contribution in [3.8, 4) is 0 Å². The third-order valence-electron chi connectivity index (χ3n) is 5.24. The van der Waals surface area contributed by atoms with Gasteiger partial charge in [0, 0.05) is 17.6 Å². The van der Waals surface area contributed by atoms with Crippen molar-refractivity contribution in [2.24, 2.45) is 23.5 Å². The number of carbonyl (C=O) groups is 2. The van der Waals surface area contributed by atoms with Crippen molar-refractivity contribution < 1.29 is 27.3 Å². The Bertz CT molecular complexity index is 582. The molecule has 0 aromatic carbocycles. The smallest absolute Gasteiger partial charge is 0.323 e. The lowest BCUT2D eigenvalue weighted by Crippen LogP contribution is -2.57. The van der Waals surface area contributed by atoms with Gasteiger partial charge in [-0.3, -0.25) is 9.59 Å². The molecular weight excluding hydrogens is 310 g/mol. The van der Waals surface area contributed by atoms with E-state index in [2.05, 4.69) is 0 Å². The monoisotopic (exact) mass is 330 g/mol. The highest BCUT2D eigenvalue weighted by atomic mass is 32.2. The molecule has 4 fully saturated rings. The lowest BCUT2D eigenvalue weighted by Gasteiger charge is -2.54. The molecule has 4 aliphatic rings. The number of Topliss-reactive ketones (excluding diaryl/α,β-unsaturated/α-hetero) is 1. The first kappa shape index (κ1) is 15.9. The van der Waals surface area contributed by atoms with Crippen molar-refractivity contribution in [1.29, 1.82) is 0 Å². The van der Waals surface area contributed by atoms with Crippen LogP contribution in [0.3, 0.4) is 0 Å². The minimum atomic E-state index is -4.40. The minimum absolute atomic E-state index is 0.0164. The third kappa shape index (κ3) is 3.04. The van der Waals surface area contributed by atoms with Gasteiger partial charge in [0.05, 0.1) is 10.1 Å². The fourth-order valence-electron chi connectivity index (χ4n) is 4.48. The number of esters is 1. The zero-order chi connectivity index (χ0) is 16.1. The number of hydrogen-bond acceptors (Lipinski definition) is 7. The Morgan fingerprint density at radius 1 is 1.32 bits per heavy atom. The SMILES string of the molecule is NC(CCS(=O)(=O)[O-])C(=O)OC12CC3CC(C1)C(=O)C(C3)C2. The Morgan fingerprint density at radius 2 is 1.91 bits per heavy atom. The molecule has 0 aromatic heterocycles. The van der Waals surface area contributed by atoms with Gasteiger partial charge < -0.3 is 15.0 Å². The number of hydrogen-bond donors (Lipinski definition) is 1. The summed E-state index contributed by atoms with van der Waals surface area (Å²) in [7, 11) is -4.40. The van der Waals surface area contributed by atoms with Gasteiger partial charge in [0.15, 0.2) is 0 Å². The van der Waals surface area contributed by atoms with E-state index in [1.807, 2.05) is 0 Å². The van der Waals surface area contributed by atoms with E-state index in [1.54, 1.807) is 0 Å². The molecule has 4 bridgehead atoms. The highest BCUT2D eigenvalue weighted by Crippen LogP contribution is 2.55. The normalized spacial score (nSPS) is 38.1. The number of carbonyl (C=O) groups excluding carboxylic acids is 2. The van der Waals surface area contributed by atoms with Gasteiger partial charge in [-0.05, 0) is 44.4 Å². The molecule has 4 saturated carbocycles. The van der Waals surface area contributed by atoms with Crippen LogP contribution in [0, 0.1) is 17.8 Å². The number of nitrogens with two attached hydrogens (primary N) is 1. The summed E-state index contributed by atoms with van der Waals surface area (Å²) in [5.74, 6) is -0.666. The zero-order valence-electron chi connectivity index (χ0n) is 12.2. The van der Waals surface area contributed by atoms with Crippen molar-refractivity contribution in [3.63, 3.8) is 0 Å². The van der Waals surface area contributed by atoms with E-state index >= 15 is 0 Å². The highest BCUT2D eigenvalue weighted by Gasteiger charge is 2.57. The van der Waals surface area contributed by atoms with Crippen LogP contribution in [0.2, 0.25) is 0 Å². The molecule has 2 N–H and O–H groups in total. The van der Waals surface area contributed by atoms with Gasteiger partial charge in [-0.2, -0.15) is 0 Å². The first-order valence-corrected chi connectivity index (χ1v) is 9.21. The van der Waals surface area contributed by atoms with E-state index in [0.717, 1.165) is 19.3 Å². The quantitative estimate of drug-likeness (QED) is 0.552. The molecule has 4 rings (SSSR count). The van der Waals surface area contributed by atoms with Crippen LogP contribution in [0.4, 0.5) is 0 Å². The molecule has 0 aromatic rings. The highest BCUT2D eigenvalue weighted by molar-refractivity contribution is 7.85. The Balaban J connectivity index is 1.63. The second-order valence-corrected chi connectivity index (χ2v) is 8.53. The van der Waals surface area contributed by atoms with E-state index in [-0.39, 0.29) is 18.3 Å². The molecule has 22 heavy (non-hydrogen) atoms. The van der Waals surface area contributed by atoms with Crippen LogP contribution in [-0.4, -0.2) is 42.1 Å². The summed E-state index contributed by atoms with van der Waals surface area (Å²) in [6.45, 7) is 0. The summed E-state index contributed by atoms with van der Waals surface area (Å²) in [6.07, 6.45) is 3.39. The van der Waals surface area contributed by atoms with Crippen molar-refractivity contribution in [1.82, 2.24) is 0 Å². The van der Waals surface area contributed by atoms with Crippen LogP contribution in [0.5, 0.6) is 0 Å². The standard InChI is InChI=1S/C14H21NO6S/c15-11(1-2-22(18,19)20)13(17)21-14-5-8-3-9(6-14)12(16)10(4-8)7-14/h8-11H,1-7,15H2,(H,18,19,20)/p-1. The van der Waals surface area contributed by atoms with Gasteiger partial charge in [0.25, 0.3) is 0 Å². The summed E-state index contributed by atoms with van der Waals surface area (Å²) < 4.78 is 37.4. The topological polar surface area (TPSA) is 127 Å². The average molecular weight is 330 g/mol. The van der Waals surface area contributed by atoms with Crippen LogP contribution in [0.1, 0.15) is 38.5 Å². The van der Waals surface area contributed by atoms with Crippen LogP contribution in [0.15, 0.2) is 0 Å². The molecule has 0 aliphatic heterocycles. The van der Waals surface area contributed by atoms with Crippen molar-refractivity contribution >= 4 is 21.9 Å². The summed E-state index contributed by atoms with van der Waals surface area (Å²) in [5.41, 5.74) is 5.02. The van der Waals surface area contributed by atoms with Crippen molar-refractivity contribution in [2.75, 3.05) is 5.75 Å². The van der Waals surface area contributed by atoms with E-state index in [4.69, 9.17) is 10.5 Å². The first-order chi connectivity index (χ1) is 10.2. The molecule has 7 nitrogen and oxygen atoms in total. The Hall–Kier alpha value is -0.990. The minimum Gasteiger partial charge on any atom is -0.748 e. The number of ketones is 1. The maximum Gasteiger partial charge on any atom is 0.323 e. The van der Waals surface area contributed by atoms with Gasteiger partial charge in [-0.1, -0.05) is 0 Å². The number of rotatable bonds is 5. The molecule has 8 heteroatoms. The largest absolute Gasteiger partial charge is 0.748 e. The van der Waals surface area contributed by atoms with E-state index in [1.165, 1.54) is 0 Å². The third-order valence-corrected chi connectivity index (χ3v) is 5.97. The summed E-state index contributed by atoms with van der Waals surface area (Å²) in [6, 6.07) is -1.12. The summed E-state index contributed by atoms with van der Waals surface area (Å²) in [4.78, 5) is 24.2. The van der Waals surface area contributed by atoms with Gasteiger partial charge in [-0.25, -0.2) is 8.42 Å². The van der Waals surface area contributed by atoms with Gasteiger partial charge in [0.1, 0.15) is 17.4 Å². The van der Waals surface area contributed by atoms with Crippen LogP contribution in [-0.2, 0) is 24.4 Å². The predicted molar refractivity (Wildman–Crippen MR) is 74.5 cm³/mol. The molecule has 0 radical (unpaired) electrons. The fraction of sp³-hybridized carbons (Fsp3) is 0.857. The van der Waals surface area contributed by atoms with E-state index in [0.29, 0.717) is 24.5 Å². The second kappa shape index (κ2) is 5.28. The van der Waals surface area contributed by atoms with E-state index in [9.17, 15) is 22.6 Å². The molecule has 0 amide bonds. The predicted octanol–water partition coefficient (Wildman–Crippen LogP) is -0.0600. The Labute approximate surface area is 129 Å². The maximum atomic E-state index is 12.1. The fourth-order valence-corrected chi connectivity index (χ4v) is 5.02. The molecular formula is C14H20NO6S-. The first-order valence-electron chi connectivity index (χ1n) is 7.63. The average Bonchev–Trinajstić information content (AvgIpc) is 2.39. The Kier molecular flexibility index (Phi) is 3.81. The van der Waals surface area contributed by atoms with Gasteiger partial charge in [-0.15, -0.1) is 0 Å². The van der Waals surface area contributed by atoms with Crippen LogP contribution >= 0.6 is 0 Å². The molecule has 0 heterocycles. The summed E-state index contributed by atoms with van der Waals surface area (Å²) >= 11 is 0. The van der Waals surface area contributed by atoms with Crippen molar-refractivity contribution in [3.05, 3.63) is 0 Å². The molecule has 3 unspecified atom stereocenters. The summed E-state index contributed by atoms with van der Waals surface area (Å²) in [5, 5.41) is 0. The molecule has 3 atom stereocenters. The van der Waals surface area contributed by atoms with Gasteiger partial charge >= 0.3 is 5.97 Å². The lowest BCUT2D eigenvalue weighted by molar-refractivity contribution is -0.190. The molecule has 124 valence electrons. The van der Waals surface area contributed by atoms with Crippen molar-refractivity contribution in [2.45, 2.75) is 50.2 Å². The Morgan fingerprint density at radius 3 is 2.45 bits per heavy atom. The zero-order valence-corrected chi connectivity index (χ0v) is 13.0. The molecule has 0 spiro atoms. The van der Waals surface area contributed by atoms with Gasteiger partial charge in [0.2, 0.25) is 0 Å². The van der Waals surface area contributed by atoms with Crippen LogP contribution < -0.4 is 5.73 Å². The maximum absolute atomic E-state index is 12.1. The molecule has 0 saturated heterocycles. The molecule has 4 aliphatic carbocycles. The number of ether oxygens (including phenoxy) is 1. The second-order valence-electron chi connectivity index (χ2n) is 7.01. The lowest BCUT2D eigenvalue weighted by atomic mass is 9.53.